The van der Waals surface area contributed by atoms with E-state index in [2.05, 4.69) is 27.1 Å². The zero-order chi connectivity index (χ0) is 22.1. The Bertz CT molecular complexity index is 1220. The van der Waals surface area contributed by atoms with Crippen LogP contribution in [0.5, 0.6) is 0 Å². The van der Waals surface area contributed by atoms with Crippen molar-refractivity contribution in [2.24, 2.45) is 5.92 Å². The highest BCUT2D eigenvalue weighted by atomic mass is 19.1. The molecule has 0 N–H and O–H groups in total. The molecule has 0 bridgehead atoms. The van der Waals surface area contributed by atoms with Gasteiger partial charge in [0.2, 0.25) is 0 Å². The lowest BCUT2D eigenvalue weighted by molar-refractivity contribution is 0.421. The van der Waals surface area contributed by atoms with Crippen molar-refractivity contribution in [2.75, 3.05) is 18.0 Å². The number of anilines is 1. The molecule has 1 aliphatic rings. The fourth-order valence-corrected chi connectivity index (χ4v) is 4.07. The lowest BCUT2D eigenvalue weighted by atomic mass is 10.0. The minimum Gasteiger partial charge on any atom is -0.364 e. The zero-order valence-corrected chi connectivity index (χ0v) is 17.6. The molecule has 0 radical (unpaired) electrons. The highest BCUT2D eigenvalue weighted by Crippen LogP contribution is 2.28. The van der Waals surface area contributed by atoms with Crippen molar-refractivity contribution in [3.8, 4) is 22.9 Å². The summed E-state index contributed by atoms with van der Waals surface area (Å²) in [6.07, 6.45) is 4.76. The van der Waals surface area contributed by atoms with Crippen molar-refractivity contribution in [2.45, 2.75) is 26.3 Å². The summed E-state index contributed by atoms with van der Waals surface area (Å²) < 4.78 is 35.5. The number of rotatable bonds is 5. The molecule has 0 saturated carbocycles. The molecule has 0 spiro atoms. The quantitative estimate of drug-likeness (QED) is 0.457. The number of nitrogens with zero attached hydrogens (tertiary/aromatic N) is 6. The molecule has 4 aromatic rings. The van der Waals surface area contributed by atoms with Gasteiger partial charge in [0.15, 0.2) is 17.5 Å². The van der Waals surface area contributed by atoms with E-state index < -0.39 is 5.82 Å². The van der Waals surface area contributed by atoms with Crippen molar-refractivity contribution in [3.63, 3.8) is 0 Å². The van der Waals surface area contributed by atoms with Crippen LogP contribution in [0.1, 0.15) is 25.3 Å². The van der Waals surface area contributed by atoms with Crippen LogP contribution in [-0.2, 0) is 6.54 Å². The van der Waals surface area contributed by atoms with Crippen LogP contribution in [0.2, 0.25) is 0 Å². The Balaban J connectivity index is 1.54. The molecule has 1 saturated heterocycles. The number of benzene rings is 1. The number of hydrogen-bond donors (Lipinski definition) is 0. The molecule has 4 heterocycles. The van der Waals surface area contributed by atoms with Gasteiger partial charge in [0.05, 0.1) is 18.4 Å². The van der Waals surface area contributed by atoms with Crippen LogP contribution < -0.4 is 4.90 Å². The van der Waals surface area contributed by atoms with Crippen molar-refractivity contribution >= 4 is 5.82 Å². The van der Waals surface area contributed by atoms with Gasteiger partial charge in [0.1, 0.15) is 23.5 Å². The van der Waals surface area contributed by atoms with E-state index in [0.717, 1.165) is 25.9 Å². The first kappa shape index (κ1) is 20.3. The summed E-state index contributed by atoms with van der Waals surface area (Å²) in [6, 6.07) is 9.98. The van der Waals surface area contributed by atoms with Gasteiger partial charge >= 0.3 is 0 Å². The van der Waals surface area contributed by atoms with Crippen LogP contribution in [0.4, 0.5) is 14.6 Å². The van der Waals surface area contributed by atoms with Crippen LogP contribution in [-0.4, -0.2) is 38.0 Å². The van der Waals surface area contributed by atoms with E-state index in [1.54, 1.807) is 35.0 Å². The third kappa shape index (κ3) is 3.98. The van der Waals surface area contributed by atoms with E-state index in [1.807, 2.05) is 4.90 Å². The topological polar surface area (TPSA) is 72.9 Å². The van der Waals surface area contributed by atoms with Gasteiger partial charge in [-0.2, -0.15) is 5.10 Å². The lowest BCUT2D eigenvalue weighted by Gasteiger charge is -2.31. The van der Waals surface area contributed by atoms with E-state index in [-0.39, 0.29) is 18.2 Å². The summed E-state index contributed by atoms with van der Waals surface area (Å²) in [5, 5.41) is 8.60. The van der Waals surface area contributed by atoms with Crippen molar-refractivity contribution in [3.05, 3.63) is 66.1 Å². The third-order valence-corrected chi connectivity index (χ3v) is 5.67. The number of hydrogen-bond acceptors (Lipinski definition) is 6. The van der Waals surface area contributed by atoms with E-state index >= 15 is 0 Å². The highest BCUT2D eigenvalue weighted by molar-refractivity contribution is 5.63. The number of piperidine rings is 1. The van der Waals surface area contributed by atoms with Crippen LogP contribution >= 0.6 is 0 Å². The first-order valence-corrected chi connectivity index (χ1v) is 10.6. The van der Waals surface area contributed by atoms with Gasteiger partial charge in [-0.3, -0.25) is 4.68 Å². The zero-order valence-electron chi connectivity index (χ0n) is 17.6. The molecule has 1 fully saturated rings. The summed E-state index contributed by atoms with van der Waals surface area (Å²) in [4.78, 5) is 10.6. The van der Waals surface area contributed by atoms with Crippen molar-refractivity contribution in [1.82, 2.24) is 24.9 Å². The van der Waals surface area contributed by atoms with Crippen molar-refractivity contribution < 1.29 is 13.3 Å². The fourth-order valence-electron chi connectivity index (χ4n) is 4.07. The Morgan fingerprint density at radius 1 is 1.12 bits per heavy atom. The molecule has 1 atom stereocenters. The largest absolute Gasteiger partial charge is 0.364 e. The summed E-state index contributed by atoms with van der Waals surface area (Å²) in [6.45, 7) is 3.84. The predicted molar refractivity (Wildman–Crippen MR) is 115 cm³/mol. The molecule has 3 aromatic heterocycles. The average Bonchev–Trinajstić information content (AvgIpc) is 3.46. The summed E-state index contributed by atoms with van der Waals surface area (Å²) >= 11 is 0. The molecule has 9 heteroatoms. The SMILES string of the molecule is CC1CCCN(c2nc(-c3cc(-c4ccon4)n(Cc4ccccc4F)n3)ncc2F)C1. The molecular formula is C23H22F2N6O. The van der Waals surface area contributed by atoms with Gasteiger partial charge in [0, 0.05) is 24.7 Å². The first-order chi connectivity index (χ1) is 15.6. The van der Waals surface area contributed by atoms with Crippen LogP contribution in [0, 0.1) is 17.6 Å². The van der Waals surface area contributed by atoms with Crippen LogP contribution in [0.15, 0.2) is 53.4 Å². The van der Waals surface area contributed by atoms with Crippen LogP contribution in [0.25, 0.3) is 22.9 Å². The number of aromatic nitrogens is 5. The molecular weight excluding hydrogens is 414 g/mol. The lowest BCUT2D eigenvalue weighted by Crippen LogP contribution is -2.35. The van der Waals surface area contributed by atoms with E-state index in [4.69, 9.17) is 4.52 Å². The Morgan fingerprint density at radius 2 is 2.00 bits per heavy atom. The summed E-state index contributed by atoms with van der Waals surface area (Å²) in [7, 11) is 0. The van der Waals surface area contributed by atoms with Gasteiger partial charge in [-0.1, -0.05) is 30.3 Å². The maximum atomic E-state index is 14.6. The molecule has 1 unspecified atom stereocenters. The maximum absolute atomic E-state index is 14.6. The Morgan fingerprint density at radius 3 is 2.78 bits per heavy atom. The standard InChI is InChI=1S/C23H22F2N6O/c1-15-5-4-9-30(13-15)23-18(25)12-26-22(27-23)20-11-21(19-8-10-32-29-19)31(28-20)14-16-6-2-3-7-17(16)24/h2-3,6-8,10-12,15H,4-5,9,13-14H2,1H3. The highest BCUT2D eigenvalue weighted by Gasteiger charge is 2.23. The molecule has 7 nitrogen and oxygen atoms in total. The molecule has 32 heavy (non-hydrogen) atoms. The normalized spacial score (nSPS) is 16.5. The van der Waals surface area contributed by atoms with E-state index in [9.17, 15) is 8.78 Å². The molecule has 0 amide bonds. The first-order valence-electron chi connectivity index (χ1n) is 10.6. The average molecular weight is 436 g/mol. The minimum atomic E-state index is -0.453. The maximum Gasteiger partial charge on any atom is 0.183 e. The number of halogens is 2. The van der Waals surface area contributed by atoms with Gasteiger partial charge in [-0.05, 0) is 30.9 Å². The van der Waals surface area contributed by atoms with Gasteiger partial charge in [-0.15, -0.1) is 0 Å². The minimum absolute atomic E-state index is 0.187. The van der Waals surface area contributed by atoms with Gasteiger partial charge in [0.25, 0.3) is 0 Å². The van der Waals surface area contributed by atoms with E-state index in [1.165, 1.54) is 18.5 Å². The molecule has 1 aliphatic heterocycles. The summed E-state index contributed by atoms with van der Waals surface area (Å²) in [5.41, 5.74) is 2.10. The fraction of sp³-hybridized carbons (Fsp3) is 0.304. The van der Waals surface area contributed by atoms with Crippen LogP contribution in [0.3, 0.4) is 0 Å². The van der Waals surface area contributed by atoms with E-state index in [0.29, 0.717) is 34.4 Å². The Kier molecular flexibility index (Phi) is 5.38. The molecule has 0 aliphatic carbocycles. The Hall–Kier alpha value is -3.62. The predicted octanol–water partition coefficient (Wildman–Crippen LogP) is 4.56. The second kappa shape index (κ2) is 8.49. The summed E-state index contributed by atoms with van der Waals surface area (Å²) in [5.74, 6) is 0.283. The Labute approximate surface area is 183 Å². The van der Waals surface area contributed by atoms with Crippen molar-refractivity contribution in [1.29, 1.82) is 0 Å². The second-order valence-corrected chi connectivity index (χ2v) is 8.11. The molecule has 1 aromatic carbocycles. The monoisotopic (exact) mass is 436 g/mol. The smallest absolute Gasteiger partial charge is 0.183 e. The third-order valence-electron chi connectivity index (χ3n) is 5.67. The second-order valence-electron chi connectivity index (χ2n) is 8.11. The molecule has 5 rings (SSSR count). The van der Waals surface area contributed by atoms with Gasteiger partial charge < -0.3 is 9.42 Å². The van der Waals surface area contributed by atoms with Gasteiger partial charge in [-0.25, -0.2) is 18.7 Å². The molecule has 164 valence electrons.